The first-order valence-electron chi connectivity index (χ1n) is 5.68. The first-order chi connectivity index (χ1) is 9.63. The Morgan fingerprint density at radius 1 is 1.43 bits per heavy atom. The van der Waals surface area contributed by atoms with Gasteiger partial charge in [0.1, 0.15) is 0 Å². The average Bonchev–Trinajstić information content (AvgIpc) is 2.37. The van der Waals surface area contributed by atoms with Gasteiger partial charge in [-0.2, -0.15) is 12.7 Å². The summed E-state index contributed by atoms with van der Waals surface area (Å²) in [6.45, 7) is -0.211. The standard InChI is InChI=1S/C11H14ClN3O5S/c1-15(5-4-10(16)17)21(19,20)14-9-6-7(11(13)18)2-3-8(9)12/h2-3,6,14H,4-5H2,1H3,(H2,13,18)(H,16,17). The molecule has 1 aromatic rings. The van der Waals surface area contributed by atoms with E-state index in [2.05, 4.69) is 4.72 Å². The Morgan fingerprint density at radius 2 is 2.05 bits per heavy atom. The minimum absolute atomic E-state index is 0.0184. The molecule has 0 aromatic heterocycles. The molecule has 0 aliphatic carbocycles. The number of carboxylic acids is 1. The number of rotatable bonds is 7. The van der Waals surface area contributed by atoms with E-state index in [4.69, 9.17) is 22.4 Å². The van der Waals surface area contributed by atoms with Gasteiger partial charge in [0.2, 0.25) is 5.91 Å². The van der Waals surface area contributed by atoms with Crippen LogP contribution in [0.2, 0.25) is 5.02 Å². The number of primary amides is 1. The molecule has 0 spiro atoms. The van der Waals surface area contributed by atoms with Crippen molar-refractivity contribution in [3.63, 3.8) is 0 Å². The zero-order chi connectivity index (χ0) is 16.2. The zero-order valence-electron chi connectivity index (χ0n) is 11.0. The summed E-state index contributed by atoms with van der Waals surface area (Å²) < 4.78 is 27.0. The molecule has 10 heteroatoms. The number of aliphatic carboxylic acids is 1. The summed E-state index contributed by atoms with van der Waals surface area (Å²) in [4.78, 5) is 21.5. The number of hydrogen-bond acceptors (Lipinski definition) is 4. The third-order valence-corrected chi connectivity index (χ3v) is 4.35. The summed E-state index contributed by atoms with van der Waals surface area (Å²) in [7, 11) is -2.77. The second-order valence-electron chi connectivity index (χ2n) is 4.13. The van der Waals surface area contributed by atoms with Crippen molar-refractivity contribution in [3.8, 4) is 0 Å². The third-order valence-electron chi connectivity index (χ3n) is 2.54. The molecular weight excluding hydrogens is 322 g/mol. The van der Waals surface area contributed by atoms with Gasteiger partial charge in [-0.15, -0.1) is 0 Å². The van der Waals surface area contributed by atoms with Crippen molar-refractivity contribution in [2.24, 2.45) is 5.73 Å². The lowest BCUT2D eigenvalue weighted by Crippen LogP contribution is -2.34. The molecule has 1 rings (SSSR count). The Balaban J connectivity index is 2.95. The van der Waals surface area contributed by atoms with Gasteiger partial charge >= 0.3 is 16.2 Å². The number of nitrogens with one attached hydrogen (secondary N) is 1. The molecule has 0 atom stereocenters. The number of anilines is 1. The number of benzene rings is 1. The highest BCUT2D eigenvalue weighted by Crippen LogP contribution is 2.24. The van der Waals surface area contributed by atoms with E-state index in [1.807, 2.05) is 0 Å². The summed E-state index contributed by atoms with van der Waals surface area (Å²) in [6, 6.07) is 3.89. The highest BCUT2D eigenvalue weighted by molar-refractivity contribution is 7.90. The van der Waals surface area contributed by atoms with Crippen molar-refractivity contribution < 1.29 is 23.1 Å². The number of carboxylic acid groups (broad SMARTS) is 1. The van der Waals surface area contributed by atoms with E-state index >= 15 is 0 Å². The number of carbonyl (C=O) groups is 2. The number of amides is 1. The van der Waals surface area contributed by atoms with Crippen LogP contribution in [0.4, 0.5) is 5.69 Å². The highest BCUT2D eigenvalue weighted by Gasteiger charge is 2.20. The minimum atomic E-state index is -3.99. The normalized spacial score (nSPS) is 11.4. The quantitative estimate of drug-likeness (QED) is 0.668. The van der Waals surface area contributed by atoms with Crippen molar-refractivity contribution in [2.45, 2.75) is 6.42 Å². The lowest BCUT2D eigenvalue weighted by Gasteiger charge is -2.18. The molecule has 0 unspecified atom stereocenters. The van der Waals surface area contributed by atoms with E-state index in [-0.39, 0.29) is 29.2 Å². The van der Waals surface area contributed by atoms with Gasteiger partial charge in [0.05, 0.1) is 17.1 Å². The van der Waals surface area contributed by atoms with E-state index < -0.39 is 22.1 Å². The summed E-state index contributed by atoms with van der Waals surface area (Å²) in [5.41, 5.74) is 5.17. The summed E-state index contributed by atoms with van der Waals surface area (Å²) in [5.74, 6) is -1.85. The molecule has 0 radical (unpaired) electrons. The number of nitrogens with two attached hydrogens (primary N) is 1. The fourth-order valence-electron chi connectivity index (χ4n) is 1.35. The van der Waals surface area contributed by atoms with Crippen LogP contribution in [0, 0.1) is 0 Å². The van der Waals surface area contributed by atoms with Crippen LogP contribution in [0.5, 0.6) is 0 Å². The van der Waals surface area contributed by atoms with Gasteiger partial charge in [0.15, 0.2) is 0 Å². The van der Waals surface area contributed by atoms with Crippen LogP contribution in [0.3, 0.4) is 0 Å². The monoisotopic (exact) mass is 335 g/mol. The molecule has 8 nitrogen and oxygen atoms in total. The fraction of sp³-hybridized carbons (Fsp3) is 0.273. The zero-order valence-corrected chi connectivity index (χ0v) is 12.6. The van der Waals surface area contributed by atoms with E-state index in [0.717, 1.165) is 4.31 Å². The molecule has 0 saturated carbocycles. The Hall–Kier alpha value is -1.84. The number of hydrogen-bond donors (Lipinski definition) is 3. The Morgan fingerprint density at radius 3 is 2.57 bits per heavy atom. The maximum atomic E-state index is 12.0. The Kier molecular flexibility index (Phi) is 5.53. The highest BCUT2D eigenvalue weighted by atomic mass is 35.5. The van der Waals surface area contributed by atoms with Crippen molar-refractivity contribution in [1.82, 2.24) is 4.31 Å². The molecule has 116 valence electrons. The van der Waals surface area contributed by atoms with Crippen LogP contribution >= 0.6 is 11.6 Å². The van der Waals surface area contributed by atoms with Crippen molar-refractivity contribution in [1.29, 1.82) is 0 Å². The molecule has 0 heterocycles. The van der Waals surface area contributed by atoms with Gasteiger partial charge in [-0.1, -0.05) is 11.6 Å². The first-order valence-corrected chi connectivity index (χ1v) is 7.50. The lowest BCUT2D eigenvalue weighted by atomic mass is 10.2. The minimum Gasteiger partial charge on any atom is -0.481 e. The lowest BCUT2D eigenvalue weighted by molar-refractivity contribution is -0.137. The van der Waals surface area contributed by atoms with E-state index in [1.165, 1.54) is 25.2 Å². The predicted octanol–water partition coefficient (Wildman–Crippen LogP) is 0.502. The van der Waals surface area contributed by atoms with E-state index in [9.17, 15) is 18.0 Å². The topological polar surface area (TPSA) is 130 Å². The van der Waals surface area contributed by atoms with Gasteiger partial charge in [-0.3, -0.25) is 14.3 Å². The average molecular weight is 336 g/mol. The molecule has 4 N–H and O–H groups in total. The molecule has 0 bridgehead atoms. The van der Waals surface area contributed by atoms with Crippen molar-refractivity contribution in [2.75, 3.05) is 18.3 Å². The third kappa shape index (κ3) is 4.88. The Labute approximate surface area is 126 Å². The van der Waals surface area contributed by atoms with Crippen molar-refractivity contribution in [3.05, 3.63) is 28.8 Å². The van der Waals surface area contributed by atoms with Gasteiger partial charge in [-0.05, 0) is 18.2 Å². The summed E-state index contributed by atoms with van der Waals surface area (Å²) in [6.07, 6.45) is -0.341. The van der Waals surface area contributed by atoms with Crippen molar-refractivity contribution >= 4 is 39.4 Å². The number of nitrogens with zero attached hydrogens (tertiary/aromatic N) is 1. The molecule has 0 saturated heterocycles. The molecule has 0 aliphatic heterocycles. The molecule has 1 amide bonds. The Bertz CT molecular complexity index is 662. The second-order valence-corrected chi connectivity index (χ2v) is 6.32. The molecule has 0 aliphatic rings. The smallest absolute Gasteiger partial charge is 0.304 e. The van der Waals surface area contributed by atoms with Gasteiger partial charge in [0, 0.05) is 19.2 Å². The van der Waals surface area contributed by atoms with Crippen LogP contribution in [0.15, 0.2) is 18.2 Å². The maximum absolute atomic E-state index is 12.0. The predicted molar refractivity (Wildman–Crippen MR) is 77.4 cm³/mol. The molecule has 21 heavy (non-hydrogen) atoms. The SMILES string of the molecule is CN(CCC(=O)O)S(=O)(=O)Nc1cc(C(N)=O)ccc1Cl. The largest absolute Gasteiger partial charge is 0.481 e. The fourth-order valence-corrected chi connectivity index (χ4v) is 2.50. The molecular formula is C11H14ClN3O5S. The molecule has 0 fully saturated rings. The van der Waals surface area contributed by atoms with Gasteiger partial charge < -0.3 is 10.8 Å². The van der Waals surface area contributed by atoms with Crippen LogP contribution < -0.4 is 10.5 Å². The van der Waals surface area contributed by atoms with Crippen LogP contribution in [-0.2, 0) is 15.0 Å². The van der Waals surface area contributed by atoms with Crippen LogP contribution in [-0.4, -0.2) is 43.3 Å². The summed E-state index contributed by atoms with van der Waals surface area (Å²) >= 11 is 5.85. The van der Waals surface area contributed by atoms with Crippen LogP contribution in [0.1, 0.15) is 16.8 Å². The second kappa shape index (κ2) is 6.74. The van der Waals surface area contributed by atoms with E-state index in [0.29, 0.717) is 0 Å². The first kappa shape index (κ1) is 17.2. The molecule has 1 aromatic carbocycles. The number of halogens is 1. The number of carbonyl (C=O) groups excluding carboxylic acids is 1. The van der Waals surface area contributed by atoms with Crippen LogP contribution in [0.25, 0.3) is 0 Å². The maximum Gasteiger partial charge on any atom is 0.304 e. The van der Waals surface area contributed by atoms with E-state index in [1.54, 1.807) is 0 Å². The van der Waals surface area contributed by atoms with Gasteiger partial charge in [-0.25, -0.2) is 0 Å². The van der Waals surface area contributed by atoms with Gasteiger partial charge in [0.25, 0.3) is 0 Å². The summed E-state index contributed by atoms with van der Waals surface area (Å²) in [5, 5.41) is 8.62.